The zero-order valence-corrected chi connectivity index (χ0v) is 14.4. The third kappa shape index (κ3) is 4.80. The highest BCUT2D eigenvalue weighted by Crippen LogP contribution is 2.27. The molecule has 9 heteroatoms. The SMILES string of the molecule is CS(=O)(=O)Oc1ccccc1C(=O)c1ccccc1OS(C)(=O)=O. The molecule has 0 saturated heterocycles. The van der Waals surface area contributed by atoms with Crippen LogP contribution in [0.5, 0.6) is 11.5 Å². The zero-order chi connectivity index (χ0) is 18.0. The van der Waals surface area contributed by atoms with Crippen molar-refractivity contribution in [1.29, 1.82) is 0 Å². The Balaban J connectivity index is 2.51. The van der Waals surface area contributed by atoms with Crippen LogP contribution in [0.15, 0.2) is 48.5 Å². The lowest BCUT2D eigenvalue weighted by atomic mass is 10.0. The maximum absolute atomic E-state index is 12.7. The molecule has 0 fully saturated rings. The second-order valence-corrected chi connectivity index (χ2v) is 8.05. The van der Waals surface area contributed by atoms with Crippen molar-refractivity contribution in [3.8, 4) is 11.5 Å². The van der Waals surface area contributed by atoms with Gasteiger partial charge in [-0.05, 0) is 24.3 Å². The van der Waals surface area contributed by atoms with Crippen LogP contribution in [0.25, 0.3) is 0 Å². The van der Waals surface area contributed by atoms with Crippen molar-refractivity contribution in [3.63, 3.8) is 0 Å². The number of hydrogen-bond acceptors (Lipinski definition) is 7. The molecule has 0 amide bonds. The van der Waals surface area contributed by atoms with Gasteiger partial charge in [-0.25, -0.2) is 0 Å². The average molecular weight is 370 g/mol. The summed E-state index contributed by atoms with van der Waals surface area (Å²) < 4.78 is 54.9. The maximum Gasteiger partial charge on any atom is 0.306 e. The van der Waals surface area contributed by atoms with Crippen LogP contribution in [0.2, 0.25) is 0 Å². The monoisotopic (exact) mass is 370 g/mol. The Morgan fingerprint density at radius 2 is 1.04 bits per heavy atom. The topological polar surface area (TPSA) is 104 Å². The molecule has 0 aromatic heterocycles. The number of hydrogen-bond donors (Lipinski definition) is 0. The highest BCUT2D eigenvalue weighted by atomic mass is 32.2. The third-order valence-electron chi connectivity index (χ3n) is 2.75. The van der Waals surface area contributed by atoms with Gasteiger partial charge in [-0.1, -0.05) is 24.3 Å². The highest BCUT2D eigenvalue weighted by Gasteiger charge is 2.21. The summed E-state index contributed by atoms with van der Waals surface area (Å²) >= 11 is 0. The van der Waals surface area contributed by atoms with Gasteiger partial charge in [0.2, 0.25) is 5.78 Å². The van der Waals surface area contributed by atoms with Crippen molar-refractivity contribution in [3.05, 3.63) is 59.7 Å². The van der Waals surface area contributed by atoms with Crippen molar-refractivity contribution in [2.45, 2.75) is 0 Å². The van der Waals surface area contributed by atoms with Crippen LogP contribution in [0.1, 0.15) is 15.9 Å². The van der Waals surface area contributed by atoms with Gasteiger partial charge in [-0.2, -0.15) is 16.8 Å². The van der Waals surface area contributed by atoms with E-state index >= 15 is 0 Å². The number of carbonyl (C=O) groups is 1. The van der Waals surface area contributed by atoms with Gasteiger partial charge in [-0.15, -0.1) is 0 Å². The van der Waals surface area contributed by atoms with Crippen LogP contribution in [0.4, 0.5) is 0 Å². The zero-order valence-electron chi connectivity index (χ0n) is 12.8. The Kier molecular flexibility index (Phi) is 4.95. The summed E-state index contributed by atoms with van der Waals surface area (Å²) in [5.74, 6) is -0.938. The average Bonchev–Trinajstić information content (AvgIpc) is 2.44. The van der Waals surface area contributed by atoms with E-state index in [1.807, 2.05) is 0 Å². The Bertz CT molecular complexity index is 897. The highest BCUT2D eigenvalue weighted by molar-refractivity contribution is 7.86. The van der Waals surface area contributed by atoms with Crippen LogP contribution in [-0.2, 0) is 20.2 Å². The number of carbonyl (C=O) groups excluding carboxylic acids is 1. The summed E-state index contributed by atoms with van der Waals surface area (Å²) in [4.78, 5) is 12.7. The molecule has 2 rings (SSSR count). The smallest absolute Gasteiger partial charge is 0.306 e. The number of benzene rings is 2. The largest absolute Gasteiger partial charge is 0.382 e. The van der Waals surface area contributed by atoms with E-state index < -0.39 is 26.0 Å². The van der Waals surface area contributed by atoms with Gasteiger partial charge >= 0.3 is 20.2 Å². The Hall–Kier alpha value is -2.39. The molecule has 0 atom stereocenters. The first-order valence-corrected chi connectivity index (χ1v) is 10.2. The number of ketones is 1. The van der Waals surface area contributed by atoms with Crippen molar-refractivity contribution in [1.82, 2.24) is 0 Å². The molecular weight excluding hydrogens is 356 g/mol. The molecule has 2 aromatic carbocycles. The quantitative estimate of drug-likeness (QED) is 0.562. The lowest BCUT2D eigenvalue weighted by molar-refractivity contribution is 0.103. The predicted molar refractivity (Wildman–Crippen MR) is 87.3 cm³/mol. The van der Waals surface area contributed by atoms with Gasteiger partial charge in [0.05, 0.1) is 23.6 Å². The van der Waals surface area contributed by atoms with E-state index in [1.165, 1.54) is 48.5 Å². The maximum atomic E-state index is 12.7. The Morgan fingerprint density at radius 3 is 1.38 bits per heavy atom. The van der Waals surface area contributed by atoms with E-state index in [0.29, 0.717) is 0 Å². The van der Waals surface area contributed by atoms with Gasteiger partial charge < -0.3 is 8.37 Å². The van der Waals surface area contributed by atoms with Crippen LogP contribution in [0.3, 0.4) is 0 Å². The molecule has 0 spiro atoms. The molecule has 0 N–H and O–H groups in total. The summed E-state index contributed by atoms with van der Waals surface area (Å²) in [6, 6.07) is 11.5. The summed E-state index contributed by atoms with van der Waals surface area (Å²) in [5.41, 5.74) is -0.0695. The first kappa shape index (κ1) is 18.0. The molecular formula is C15H14O7S2. The van der Waals surface area contributed by atoms with Crippen molar-refractivity contribution < 1.29 is 30.0 Å². The minimum atomic E-state index is -3.83. The number of para-hydroxylation sites is 2. The molecule has 0 bridgehead atoms. The van der Waals surface area contributed by atoms with Gasteiger partial charge in [0.1, 0.15) is 0 Å². The standard InChI is InChI=1S/C15H14O7S2/c1-23(17,18)21-13-9-5-3-7-11(13)15(16)12-8-4-6-10-14(12)22-24(2,19)20/h3-10H,1-2H3. The lowest BCUT2D eigenvalue weighted by Gasteiger charge is -2.11. The van der Waals surface area contributed by atoms with Crippen LogP contribution in [0, 0.1) is 0 Å². The fourth-order valence-electron chi connectivity index (χ4n) is 1.93. The third-order valence-corrected chi connectivity index (χ3v) is 3.71. The van der Waals surface area contributed by atoms with E-state index in [0.717, 1.165) is 12.5 Å². The molecule has 0 radical (unpaired) electrons. The molecule has 0 aliphatic rings. The first-order valence-electron chi connectivity index (χ1n) is 6.58. The van der Waals surface area contributed by atoms with Gasteiger partial charge in [0.25, 0.3) is 0 Å². The van der Waals surface area contributed by atoms with Gasteiger partial charge in [0.15, 0.2) is 11.5 Å². The normalized spacial score (nSPS) is 11.8. The fraction of sp³-hybridized carbons (Fsp3) is 0.133. The van der Waals surface area contributed by atoms with Crippen molar-refractivity contribution in [2.24, 2.45) is 0 Å². The summed E-state index contributed by atoms with van der Waals surface area (Å²) in [6.07, 6.45) is 1.71. The van der Waals surface area contributed by atoms with Crippen LogP contribution in [-0.4, -0.2) is 35.1 Å². The summed E-state index contributed by atoms with van der Waals surface area (Å²) in [7, 11) is -7.67. The fourth-order valence-corrected chi connectivity index (χ4v) is 2.87. The molecule has 24 heavy (non-hydrogen) atoms. The molecule has 7 nitrogen and oxygen atoms in total. The van der Waals surface area contributed by atoms with Gasteiger partial charge in [-0.3, -0.25) is 4.79 Å². The van der Waals surface area contributed by atoms with E-state index in [2.05, 4.69) is 0 Å². The van der Waals surface area contributed by atoms with Crippen LogP contribution >= 0.6 is 0 Å². The van der Waals surface area contributed by atoms with E-state index in [-0.39, 0.29) is 22.6 Å². The van der Waals surface area contributed by atoms with Crippen LogP contribution < -0.4 is 8.37 Å². The summed E-state index contributed by atoms with van der Waals surface area (Å²) in [6.45, 7) is 0. The minimum Gasteiger partial charge on any atom is -0.382 e. The lowest BCUT2D eigenvalue weighted by Crippen LogP contribution is -2.13. The van der Waals surface area contributed by atoms with Crippen molar-refractivity contribution in [2.75, 3.05) is 12.5 Å². The molecule has 128 valence electrons. The molecule has 0 heterocycles. The first-order chi connectivity index (χ1) is 11.1. The van der Waals surface area contributed by atoms with E-state index in [9.17, 15) is 21.6 Å². The molecule has 0 aliphatic carbocycles. The second-order valence-electron chi connectivity index (χ2n) is 4.90. The van der Waals surface area contributed by atoms with E-state index in [1.54, 1.807) is 0 Å². The van der Waals surface area contributed by atoms with Gasteiger partial charge in [0, 0.05) is 0 Å². The summed E-state index contributed by atoms with van der Waals surface area (Å²) in [5, 5.41) is 0. The number of rotatable bonds is 6. The Labute approximate surface area is 140 Å². The predicted octanol–water partition coefficient (Wildman–Crippen LogP) is 1.59. The molecule has 0 unspecified atom stereocenters. The molecule has 0 saturated carbocycles. The Morgan fingerprint density at radius 1 is 0.708 bits per heavy atom. The minimum absolute atomic E-state index is 0.0347. The molecule has 0 aliphatic heterocycles. The van der Waals surface area contributed by atoms with Crippen molar-refractivity contribution >= 4 is 26.0 Å². The van der Waals surface area contributed by atoms with E-state index in [4.69, 9.17) is 8.37 Å². The second kappa shape index (κ2) is 6.62. The molecule has 2 aromatic rings.